The van der Waals surface area contributed by atoms with E-state index in [1.54, 1.807) is 6.20 Å². The quantitative estimate of drug-likeness (QED) is 0.771. The number of nitrogens with one attached hydrogen (secondary N) is 1. The van der Waals surface area contributed by atoms with Crippen LogP contribution in [0.3, 0.4) is 0 Å². The molecule has 0 aliphatic carbocycles. The van der Waals surface area contributed by atoms with E-state index < -0.39 is 0 Å². The zero-order valence-corrected chi connectivity index (χ0v) is 10.0. The first-order valence-electron chi connectivity index (χ1n) is 5.84. The Kier molecular flexibility index (Phi) is 4.07. The van der Waals surface area contributed by atoms with Crippen molar-refractivity contribution < 1.29 is 0 Å². The summed E-state index contributed by atoms with van der Waals surface area (Å²) in [6, 6.07) is 1.89. The molecule has 0 saturated heterocycles. The first-order valence-corrected chi connectivity index (χ1v) is 5.84. The van der Waals surface area contributed by atoms with Crippen LogP contribution in [0.5, 0.6) is 0 Å². The van der Waals surface area contributed by atoms with Crippen molar-refractivity contribution in [3.05, 3.63) is 36.8 Å². The van der Waals surface area contributed by atoms with Crippen LogP contribution in [0, 0.1) is 6.92 Å². The number of hydrogen-bond acceptors (Lipinski definition) is 4. The number of hydrogen-bond donors (Lipinski definition) is 1. The zero-order valence-electron chi connectivity index (χ0n) is 10.0. The van der Waals surface area contributed by atoms with Crippen LogP contribution in [0.2, 0.25) is 0 Å². The van der Waals surface area contributed by atoms with Crippen molar-refractivity contribution in [2.75, 3.05) is 11.9 Å². The average molecular weight is 231 g/mol. The Morgan fingerprint density at radius 2 is 2.24 bits per heavy atom. The van der Waals surface area contributed by atoms with Crippen molar-refractivity contribution in [1.82, 2.24) is 19.5 Å². The molecule has 5 nitrogen and oxygen atoms in total. The maximum atomic E-state index is 4.28. The molecule has 0 atom stereocenters. The van der Waals surface area contributed by atoms with E-state index >= 15 is 0 Å². The largest absolute Gasteiger partial charge is 0.370 e. The van der Waals surface area contributed by atoms with Gasteiger partial charge in [-0.25, -0.2) is 15.0 Å². The summed E-state index contributed by atoms with van der Waals surface area (Å²) in [5.41, 5.74) is 0. The number of rotatable bonds is 6. The second kappa shape index (κ2) is 5.98. The number of nitrogens with zero attached hydrogens (tertiary/aromatic N) is 4. The fourth-order valence-corrected chi connectivity index (χ4v) is 1.61. The SMILES string of the molecule is Cc1nccc(NCCCCn2ccnc2)n1. The Morgan fingerprint density at radius 3 is 3.00 bits per heavy atom. The first kappa shape index (κ1) is 11.6. The summed E-state index contributed by atoms with van der Waals surface area (Å²) in [6.45, 7) is 3.85. The Bertz CT molecular complexity index is 438. The van der Waals surface area contributed by atoms with Crippen molar-refractivity contribution in [3.8, 4) is 0 Å². The lowest BCUT2D eigenvalue weighted by Crippen LogP contribution is -2.05. The van der Waals surface area contributed by atoms with E-state index in [0.29, 0.717) is 0 Å². The van der Waals surface area contributed by atoms with Gasteiger partial charge in [-0.3, -0.25) is 0 Å². The van der Waals surface area contributed by atoms with Crippen molar-refractivity contribution in [2.45, 2.75) is 26.3 Å². The summed E-state index contributed by atoms with van der Waals surface area (Å²) in [5.74, 6) is 1.70. The maximum absolute atomic E-state index is 4.28. The molecular weight excluding hydrogens is 214 g/mol. The van der Waals surface area contributed by atoms with Crippen molar-refractivity contribution in [1.29, 1.82) is 0 Å². The Morgan fingerprint density at radius 1 is 1.29 bits per heavy atom. The summed E-state index contributed by atoms with van der Waals surface area (Å²) in [5, 5.41) is 3.29. The zero-order chi connectivity index (χ0) is 11.9. The molecule has 2 aromatic rings. The average Bonchev–Trinajstić information content (AvgIpc) is 2.82. The third-order valence-electron chi connectivity index (χ3n) is 2.48. The van der Waals surface area contributed by atoms with Crippen LogP contribution in [0.25, 0.3) is 0 Å². The summed E-state index contributed by atoms with van der Waals surface area (Å²) >= 11 is 0. The van der Waals surface area contributed by atoms with Crippen molar-refractivity contribution in [3.63, 3.8) is 0 Å². The second-order valence-corrected chi connectivity index (χ2v) is 3.92. The van der Waals surface area contributed by atoms with Crippen molar-refractivity contribution >= 4 is 5.82 Å². The molecule has 0 bridgehead atoms. The van der Waals surface area contributed by atoms with Gasteiger partial charge in [-0.2, -0.15) is 0 Å². The molecule has 0 radical (unpaired) electrons. The van der Waals surface area contributed by atoms with E-state index in [1.165, 1.54) is 0 Å². The minimum absolute atomic E-state index is 0.799. The van der Waals surface area contributed by atoms with Gasteiger partial charge in [-0.1, -0.05) is 0 Å². The lowest BCUT2D eigenvalue weighted by Gasteiger charge is -2.06. The maximum Gasteiger partial charge on any atom is 0.129 e. The second-order valence-electron chi connectivity index (χ2n) is 3.92. The van der Waals surface area contributed by atoms with Gasteiger partial charge in [0.1, 0.15) is 11.6 Å². The molecule has 90 valence electrons. The first-order chi connectivity index (χ1) is 8.34. The third-order valence-corrected chi connectivity index (χ3v) is 2.48. The lowest BCUT2D eigenvalue weighted by molar-refractivity contribution is 0.620. The summed E-state index contributed by atoms with van der Waals surface area (Å²) in [6.07, 6.45) is 9.66. The van der Waals surface area contributed by atoms with Crippen LogP contribution >= 0.6 is 0 Å². The molecule has 0 fully saturated rings. The number of anilines is 1. The predicted octanol–water partition coefficient (Wildman–Crippen LogP) is 1.87. The van der Waals surface area contributed by atoms with Gasteiger partial charge in [0.15, 0.2) is 0 Å². The molecule has 0 aliphatic heterocycles. The normalized spacial score (nSPS) is 10.4. The van der Waals surface area contributed by atoms with Crippen molar-refractivity contribution in [2.24, 2.45) is 0 Å². The van der Waals surface area contributed by atoms with Gasteiger partial charge >= 0.3 is 0 Å². The fraction of sp³-hybridized carbons (Fsp3) is 0.417. The van der Waals surface area contributed by atoms with E-state index in [1.807, 2.05) is 31.7 Å². The van der Waals surface area contributed by atoms with E-state index in [4.69, 9.17) is 0 Å². The van der Waals surface area contributed by atoms with E-state index in [0.717, 1.165) is 37.6 Å². The van der Waals surface area contributed by atoms with Crippen LogP contribution in [-0.2, 0) is 6.54 Å². The lowest BCUT2D eigenvalue weighted by atomic mass is 10.3. The topological polar surface area (TPSA) is 55.6 Å². The Hall–Kier alpha value is -1.91. The molecule has 2 aromatic heterocycles. The molecule has 0 unspecified atom stereocenters. The molecule has 2 heterocycles. The highest BCUT2D eigenvalue weighted by atomic mass is 15.0. The highest BCUT2D eigenvalue weighted by Crippen LogP contribution is 2.02. The Balaban J connectivity index is 1.63. The van der Waals surface area contributed by atoms with Crippen LogP contribution in [0.4, 0.5) is 5.82 Å². The molecule has 0 aromatic carbocycles. The molecule has 0 saturated carbocycles. The van der Waals surface area contributed by atoms with Gasteiger partial charge in [-0.05, 0) is 25.8 Å². The van der Waals surface area contributed by atoms with E-state index in [2.05, 4.69) is 24.8 Å². The molecule has 0 aliphatic rings. The van der Waals surface area contributed by atoms with Crippen LogP contribution < -0.4 is 5.32 Å². The molecule has 17 heavy (non-hydrogen) atoms. The minimum Gasteiger partial charge on any atom is -0.370 e. The van der Waals surface area contributed by atoms with Gasteiger partial charge in [0.2, 0.25) is 0 Å². The molecule has 0 amide bonds. The number of imidazole rings is 1. The molecule has 1 N–H and O–H groups in total. The van der Waals surface area contributed by atoms with Gasteiger partial charge in [0, 0.05) is 31.7 Å². The minimum atomic E-state index is 0.799. The summed E-state index contributed by atoms with van der Waals surface area (Å²) < 4.78 is 2.09. The van der Waals surface area contributed by atoms with E-state index in [-0.39, 0.29) is 0 Å². The Labute approximate surface area is 101 Å². The summed E-state index contributed by atoms with van der Waals surface area (Å²) in [7, 11) is 0. The molecule has 5 heteroatoms. The van der Waals surface area contributed by atoms with Gasteiger partial charge in [0.25, 0.3) is 0 Å². The molecule has 2 rings (SSSR count). The third kappa shape index (κ3) is 3.86. The highest BCUT2D eigenvalue weighted by molar-refractivity contribution is 5.32. The molecular formula is C12H17N5. The fourth-order valence-electron chi connectivity index (χ4n) is 1.61. The monoisotopic (exact) mass is 231 g/mol. The molecule has 0 spiro atoms. The number of unbranched alkanes of at least 4 members (excludes halogenated alkanes) is 1. The van der Waals surface area contributed by atoms with Crippen LogP contribution in [-0.4, -0.2) is 26.1 Å². The predicted molar refractivity (Wildman–Crippen MR) is 66.7 cm³/mol. The van der Waals surface area contributed by atoms with Crippen LogP contribution in [0.15, 0.2) is 31.0 Å². The highest BCUT2D eigenvalue weighted by Gasteiger charge is 1.95. The smallest absolute Gasteiger partial charge is 0.129 e. The van der Waals surface area contributed by atoms with Gasteiger partial charge < -0.3 is 9.88 Å². The standard InChI is InChI=1S/C12H17N5/c1-11-14-6-4-12(16-11)15-5-2-3-8-17-9-7-13-10-17/h4,6-7,9-10H,2-3,5,8H2,1H3,(H,14,15,16). The van der Waals surface area contributed by atoms with E-state index in [9.17, 15) is 0 Å². The van der Waals surface area contributed by atoms with Gasteiger partial charge in [-0.15, -0.1) is 0 Å². The number of aromatic nitrogens is 4. The number of aryl methyl sites for hydroxylation is 2. The van der Waals surface area contributed by atoms with Gasteiger partial charge in [0.05, 0.1) is 6.33 Å². The van der Waals surface area contributed by atoms with Crippen LogP contribution in [0.1, 0.15) is 18.7 Å². The summed E-state index contributed by atoms with van der Waals surface area (Å²) in [4.78, 5) is 12.3.